The lowest BCUT2D eigenvalue weighted by atomic mass is 10.0. The average Bonchev–Trinajstić information content (AvgIpc) is 2.81. The molecule has 2 heteroatoms. The lowest BCUT2D eigenvalue weighted by Crippen LogP contribution is -2.22. The molecular weight excluding hydrogens is 210 g/mol. The first-order valence-corrected chi connectivity index (χ1v) is 6.74. The summed E-state index contributed by atoms with van der Waals surface area (Å²) < 4.78 is 5.52. The Morgan fingerprint density at radius 1 is 1.47 bits per heavy atom. The van der Waals surface area contributed by atoms with Gasteiger partial charge in [0.2, 0.25) is 0 Å². The van der Waals surface area contributed by atoms with Crippen molar-refractivity contribution in [3.05, 3.63) is 36.3 Å². The first-order valence-electron chi connectivity index (χ1n) is 6.74. The number of nitrogens with one attached hydrogen (secondary N) is 1. The fourth-order valence-electron chi connectivity index (χ4n) is 2.10. The summed E-state index contributed by atoms with van der Waals surface area (Å²) in [5.74, 6) is 1.12. The molecule has 1 aromatic rings. The van der Waals surface area contributed by atoms with Gasteiger partial charge in [-0.1, -0.05) is 19.9 Å². The smallest absolute Gasteiger partial charge is 0.108 e. The number of allylic oxidation sites excluding steroid dienone is 1. The molecule has 0 radical (unpaired) electrons. The van der Waals surface area contributed by atoms with E-state index < -0.39 is 0 Å². The van der Waals surface area contributed by atoms with Gasteiger partial charge in [0.15, 0.2) is 0 Å². The fraction of sp³-hybridized carbons (Fsp3) is 0.600. The maximum Gasteiger partial charge on any atom is 0.108 e. The summed E-state index contributed by atoms with van der Waals surface area (Å²) in [6.45, 7) is 9.18. The van der Waals surface area contributed by atoms with Crippen molar-refractivity contribution in [1.82, 2.24) is 5.32 Å². The Labute approximate surface area is 105 Å². The van der Waals surface area contributed by atoms with E-state index in [2.05, 4.69) is 31.8 Å². The van der Waals surface area contributed by atoms with Crippen molar-refractivity contribution < 1.29 is 4.42 Å². The van der Waals surface area contributed by atoms with E-state index in [1.165, 1.54) is 12.0 Å². The SMILES string of the molecule is C=CCCCC(NCCC)c1ccoc1CC. The highest BCUT2D eigenvalue weighted by Crippen LogP contribution is 2.24. The van der Waals surface area contributed by atoms with Crippen LogP contribution >= 0.6 is 0 Å². The second kappa shape index (κ2) is 8.13. The minimum atomic E-state index is 0.434. The van der Waals surface area contributed by atoms with E-state index >= 15 is 0 Å². The molecule has 96 valence electrons. The monoisotopic (exact) mass is 235 g/mol. The van der Waals surface area contributed by atoms with Crippen molar-refractivity contribution in [3.8, 4) is 0 Å². The van der Waals surface area contributed by atoms with Gasteiger partial charge in [0.05, 0.1) is 6.26 Å². The van der Waals surface area contributed by atoms with Crippen LogP contribution in [0.15, 0.2) is 29.4 Å². The van der Waals surface area contributed by atoms with Crippen molar-refractivity contribution in [2.75, 3.05) is 6.54 Å². The molecule has 1 rings (SSSR count). The molecule has 0 saturated heterocycles. The number of hydrogen-bond acceptors (Lipinski definition) is 2. The Kier molecular flexibility index (Phi) is 6.71. The molecule has 0 fully saturated rings. The van der Waals surface area contributed by atoms with Crippen LogP contribution in [0.2, 0.25) is 0 Å². The van der Waals surface area contributed by atoms with Crippen LogP contribution in [0.25, 0.3) is 0 Å². The van der Waals surface area contributed by atoms with Crippen LogP contribution in [0.4, 0.5) is 0 Å². The van der Waals surface area contributed by atoms with Crippen molar-refractivity contribution in [3.63, 3.8) is 0 Å². The van der Waals surface area contributed by atoms with Gasteiger partial charge >= 0.3 is 0 Å². The second-order valence-electron chi connectivity index (χ2n) is 4.38. The van der Waals surface area contributed by atoms with Gasteiger partial charge in [0.1, 0.15) is 5.76 Å². The zero-order valence-corrected chi connectivity index (χ0v) is 11.2. The summed E-state index contributed by atoms with van der Waals surface area (Å²) in [6, 6.07) is 2.55. The first kappa shape index (κ1) is 14.0. The zero-order chi connectivity index (χ0) is 12.5. The van der Waals surface area contributed by atoms with Crippen LogP contribution in [0.5, 0.6) is 0 Å². The van der Waals surface area contributed by atoms with Gasteiger partial charge in [-0.2, -0.15) is 0 Å². The number of rotatable bonds is 9. The molecule has 1 N–H and O–H groups in total. The van der Waals surface area contributed by atoms with Crippen molar-refractivity contribution in [2.45, 2.75) is 52.0 Å². The average molecular weight is 235 g/mol. The Morgan fingerprint density at radius 2 is 2.29 bits per heavy atom. The summed E-state index contributed by atoms with van der Waals surface area (Å²) >= 11 is 0. The summed E-state index contributed by atoms with van der Waals surface area (Å²) in [5, 5.41) is 3.61. The van der Waals surface area contributed by atoms with Gasteiger partial charge < -0.3 is 9.73 Å². The molecule has 0 aliphatic rings. The first-order chi connectivity index (χ1) is 8.33. The van der Waals surface area contributed by atoms with Gasteiger partial charge in [-0.05, 0) is 38.3 Å². The lowest BCUT2D eigenvalue weighted by Gasteiger charge is -2.18. The Morgan fingerprint density at radius 3 is 2.94 bits per heavy atom. The molecule has 2 nitrogen and oxygen atoms in total. The third kappa shape index (κ3) is 4.39. The lowest BCUT2D eigenvalue weighted by molar-refractivity contribution is 0.460. The number of aryl methyl sites for hydroxylation is 1. The molecular formula is C15H25NO. The fourth-order valence-corrected chi connectivity index (χ4v) is 2.10. The topological polar surface area (TPSA) is 25.2 Å². The summed E-state index contributed by atoms with van der Waals surface area (Å²) in [4.78, 5) is 0. The van der Waals surface area contributed by atoms with E-state index in [1.54, 1.807) is 0 Å². The molecule has 0 aliphatic heterocycles. The Hall–Kier alpha value is -1.02. The highest BCUT2D eigenvalue weighted by atomic mass is 16.3. The predicted molar refractivity (Wildman–Crippen MR) is 73.2 cm³/mol. The van der Waals surface area contributed by atoms with Crippen LogP contribution < -0.4 is 5.32 Å². The molecule has 0 bridgehead atoms. The van der Waals surface area contributed by atoms with E-state index in [4.69, 9.17) is 4.42 Å². The third-order valence-corrected chi connectivity index (χ3v) is 3.02. The Bertz CT molecular complexity index is 316. The van der Waals surface area contributed by atoms with Gasteiger partial charge in [-0.3, -0.25) is 0 Å². The molecule has 1 heterocycles. The van der Waals surface area contributed by atoms with E-state index in [1.807, 2.05) is 12.3 Å². The second-order valence-corrected chi connectivity index (χ2v) is 4.38. The maximum atomic E-state index is 5.52. The number of furan rings is 1. The molecule has 0 spiro atoms. The molecule has 0 saturated carbocycles. The molecule has 0 amide bonds. The van der Waals surface area contributed by atoms with E-state index in [-0.39, 0.29) is 0 Å². The normalized spacial score (nSPS) is 12.6. The van der Waals surface area contributed by atoms with E-state index in [0.717, 1.165) is 38.0 Å². The largest absolute Gasteiger partial charge is 0.469 e. The van der Waals surface area contributed by atoms with Crippen LogP contribution in [0.3, 0.4) is 0 Å². The summed E-state index contributed by atoms with van der Waals surface area (Å²) in [6.07, 6.45) is 9.35. The Balaban J connectivity index is 2.63. The molecule has 17 heavy (non-hydrogen) atoms. The van der Waals surface area contributed by atoms with Gasteiger partial charge in [-0.15, -0.1) is 6.58 Å². The van der Waals surface area contributed by atoms with Crippen LogP contribution in [-0.4, -0.2) is 6.54 Å². The van der Waals surface area contributed by atoms with Crippen molar-refractivity contribution in [1.29, 1.82) is 0 Å². The highest BCUT2D eigenvalue weighted by molar-refractivity contribution is 5.21. The zero-order valence-electron chi connectivity index (χ0n) is 11.2. The van der Waals surface area contributed by atoms with Gasteiger partial charge in [0.25, 0.3) is 0 Å². The molecule has 0 aliphatic carbocycles. The quantitative estimate of drug-likeness (QED) is 0.511. The maximum absolute atomic E-state index is 5.52. The van der Waals surface area contributed by atoms with E-state index in [0.29, 0.717) is 6.04 Å². The van der Waals surface area contributed by atoms with Crippen molar-refractivity contribution >= 4 is 0 Å². The molecule has 1 atom stereocenters. The van der Waals surface area contributed by atoms with Crippen molar-refractivity contribution in [2.24, 2.45) is 0 Å². The molecule has 1 unspecified atom stereocenters. The highest BCUT2D eigenvalue weighted by Gasteiger charge is 2.15. The molecule has 0 aromatic carbocycles. The summed E-state index contributed by atoms with van der Waals surface area (Å²) in [7, 11) is 0. The van der Waals surface area contributed by atoms with Gasteiger partial charge in [-0.25, -0.2) is 0 Å². The van der Waals surface area contributed by atoms with Crippen LogP contribution in [0, 0.1) is 0 Å². The number of hydrogen-bond donors (Lipinski definition) is 1. The summed E-state index contributed by atoms with van der Waals surface area (Å²) in [5.41, 5.74) is 1.34. The standard InChI is InChI=1S/C15H25NO/c1-4-7-8-9-14(16-11-5-2)13-10-12-17-15(13)6-3/h4,10,12,14,16H,1,5-9,11H2,2-3H3. The molecule has 1 aromatic heterocycles. The van der Waals surface area contributed by atoms with Gasteiger partial charge in [0, 0.05) is 18.0 Å². The van der Waals surface area contributed by atoms with E-state index in [9.17, 15) is 0 Å². The predicted octanol–water partition coefficient (Wildman–Crippen LogP) is 4.24. The minimum Gasteiger partial charge on any atom is -0.469 e. The third-order valence-electron chi connectivity index (χ3n) is 3.02. The minimum absolute atomic E-state index is 0.434. The number of unbranched alkanes of at least 4 members (excludes halogenated alkanes) is 1. The van der Waals surface area contributed by atoms with Crippen LogP contribution in [0.1, 0.15) is 56.9 Å². The van der Waals surface area contributed by atoms with Crippen LogP contribution in [-0.2, 0) is 6.42 Å².